The topological polar surface area (TPSA) is 195 Å². The number of carboxylic acids is 1. The van der Waals surface area contributed by atoms with Gasteiger partial charge in [0.1, 0.15) is 17.6 Å². The Morgan fingerprint density at radius 3 is 2.29 bits per heavy atom. The normalized spacial score (nSPS) is 13.7. The van der Waals surface area contributed by atoms with Gasteiger partial charge in [-0.3, -0.25) is 25.1 Å². The van der Waals surface area contributed by atoms with E-state index >= 15 is 0 Å². The third kappa shape index (κ3) is 6.95. The number of nitro groups is 1. The maximum absolute atomic E-state index is 13.3. The van der Waals surface area contributed by atoms with E-state index in [1.165, 1.54) is 30.3 Å². The van der Waals surface area contributed by atoms with Crippen molar-refractivity contribution in [2.45, 2.75) is 6.04 Å². The summed E-state index contributed by atoms with van der Waals surface area (Å²) in [6.45, 7) is 1.19. The van der Waals surface area contributed by atoms with Gasteiger partial charge in [-0.1, -0.05) is 36.4 Å². The number of carbonyl (C=O) groups is 3. The number of piperazine rings is 1. The van der Waals surface area contributed by atoms with Gasteiger partial charge in [0, 0.05) is 43.5 Å². The highest BCUT2D eigenvalue weighted by atomic mass is 16.6. The first-order valence-corrected chi connectivity index (χ1v) is 12.7. The summed E-state index contributed by atoms with van der Waals surface area (Å²) in [5, 5.41) is 34.0. The maximum Gasteiger partial charge on any atom is 0.335 e. The quantitative estimate of drug-likeness (QED) is 0.107. The average Bonchev–Trinajstić information content (AvgIpc) is 2.98. The van der Waals surface area contributed by atoms with Crippen LogP contribution in [0.4, 0.5) is 17.1 Å². The number of carboxylic acid groups (broad SMARTS) is 1. The molecule has 1 saturated heterocycles. The lowest BCUT2D eigenvalue weighted by molar-refractivity contribution is -0.384. The van der Waals surface area contributed by atoms with Gasteiger partial charge in [-0.25, -0.2) is 4.79 Å². The monoisotopic (exact) mass is 559 g/mol. The Labute approximate surface area is 235 Å². The Morgan fingerprint density at radius 1 is 0.976 bits per heavy atom. The molecule has 41 heavy (non-hydrogen) atoms. The van der Waals surface area contributed by atoms with E-state index in [1.54, 1.807) is 47.4 Å². The number of rotatable bonds is 10. The van der Waals surface area contributed by atoms with Crippen LogP contribution in [-0.4, -0.2) is 71.3 Å². The van der Waals surface area contributed by atoms with E-state index in [1.807, 2.05) is 4.90 Å². The lowest BCUT2D eigenvalue weighted by Gasteiger charge is -2.36. The number of nitrogens with zero attached hydrogens (tertiary/aromatic N) is 3. The van der Waals surface area contributed by atoms with Crippen molar-refractivity contribution in [3.05, 3.63) is 99.6 Å². The van der Waals surface area contributed by atoms with E-state index in [-0.39, 0.29) is 29.5 Å². The van der Waals surface area contributed by atoms with Gasteiger partial charge >= 0.3 is 5.97 Å². The van der Waals surface area contributed by atoms with Gasteiger partial charge in [0.05, 0.1) is 17.0 Å². The molecule has 3 aromatic carbocycles. The molecule has 0 aliphatic carbocycles. The molecule has 1 aliphatic rings. The third-order valence-electron chi connectivity index (χ3n) is 6.70. The predicted octanol–water partition coefficient (Wildman–Crippen LogP) is 2.20. The number of amidine groups is 1. The van der Waals surface area contributed by atoms with Crippen molar-refractivity contribution in [3.63, 3.8) is 0 Å². The Morgan fingerprint density at radius 2 is 1.66 bits per heavy atom. The second-order valence-electron chi connectivity index (χ2n) is 9.33. The number of hydrogen-bond acceptors (Lipinski definition) is 8. The molecule has 0 spiro atoms. The number of hydrogen-bond donors (Lipinski definition) is 5. The van der Waals surface area contributed by atoms with Gasteiger partial charge in [-0.2, -0.15) is 0 Å². The minimum absolute atomic E-state index is 0.00306. The Balaban J connectivity index is 1.42. The van der Waals surface area contributed by atoms with Crippen molar-refractivity contribution in [2.75, 3.05) is 42.9 Å². The van der Waals surface area contributed by atoms with Crippen LogP contribution >= 0.6 is 0 Å². The summed E-state index contributed by atoms with van der Waals surface area (Å²) < 4.78 is 0. The Hall–Kier alpha value is -5.46. The molecule has 0 saturated carbocycles. The number of para-hydroxylation sites is 2. The molecule has 0 aromatic heterocycles. The van der Waals surface area contributed by atoms with Crippen LogP contribution in [0.25, 0.3) is 0 Å². The van der Waals surface area contributed by atoms with Crippen LogP contribution in [0.15, 0.2) is 72.8 Å². The third-order valence-corrected chi connectivity index (χ3v) is 6.70. The highest BCUT2D eigenvalue weighted by Gasteiger charge is 2.27. The SMILES string of the molecule is N=C(N)c1cccc(NC(C(=O)NCC(=O)N2CCN(c3ccccc3[N+](=O)[O-])CC2)c2ccc(C(=O)O)cc2)c1. The van der Waals surface area contributed by atoms with Crippen molar-refractivity contribution >= 4 is 40.7 Å². The van der Waals surface area contributed by atoms with Crippen LogP contribution in [0.5, 0.6) is 0 Å². The number of nitrogen functional groups attached to an aromatic ring is 1. The molecule has 6 N–H and O–H groups in total. The van der Waals surface area contributed by atoms with E-state index in [2.05, 4.69) is 10.6 Å². The predicted molar refractivity (Wildman–Crippen MR) is 152 cm³/mol. The smallest absolute Gasteiger partial charge is 0.335 e. The molecule has 1 fully saturated rings. The molecule has 1 heterocycles. The van der Waals surface area contributed by atoms with Crippen LogP contribution in [0.2, 0.25) is 0 Å². The second-order valence-corrected chi connectivity index (χ2v) is 9.33. The minimum atomic E-state index is -1.10. The summed E-state index contributed by atoms with van der Waals surface area (Å²) in [5.41, 5.74) is 7.56. The van der Waals surface area contributed by atoms with Crippen LogP contribution < -0.4 is 21.3 Å². The fraction of sp³-hybridized carbons (Fsp3) is 0.214. The first-order chi connectivity index (χ1) is 19.6. The molecule has 0 radical (unpaired) electrons. The number of benzene rings is 3. The first-order valence-electron chi connectivity index (χ1n) is 12.7. The number of amides is 2. The standard InChI is InChI=1S/C28H29N7O6/c29-26(30)20-4-3-5-21(16-20)32-25(18-8-10-19(11-9-18)28(38)39)27(37)31-17-24(36)34-14-12-33(13-15-34)22-6-1-2-7-23(22)35(40)41/h1-11,16,25,32H,12-15,17H2,(H3,29,30)(H,31,37)(H,38,39). The van der Waals surface area contributed by atoms with Crippen LogP contribution in [0.3, 0.4) is 0 Å². The van der Waals surface area contributed by atoms with Gasteiger partial charge in [-0.15, -0.1) is 0 Å². The number of nitrogens with two attached hydrogens (primary N) is 1. The summed E-state index contributed by atoms with van der Waals surface area (Å²) >= 11 is 0. The van der Waals surface area contributed by atoms with E-state index in [4.69, 9.17) is 11.1 Å². The van der Waals surface area contributed by atoms with Gasteiger partial charge in [0.25, 0.3) is 5.69 Å². The number of nitrogens with one attached hydrogen (secondary N) is 3. The zero-order chi connectivity index (χ0) is 29.5. The fourth-order valence-corrected chi connectivity index (χ4v) is 4.52. The molecule has 13 heteroatoms. The van der Waals surface area contributed by atoms with Gasteiger partial charge < -0.3 is 31.3 Å². The van der Waals surface area contributed by atoms with Gasteiger partial charge in [0.15, 0.2) is 0 Å². The molecule has 0 bridgehead atoms. The van der Waals surface area contributed by atoms with Crippen molar-refractivity contribution in [1.82, 2.24) is 10.2 Å². The maximum atomic E-state index is 13.3. The molecule has 212 valence electrons. The number of nitro benzene ring substituents is 1. The molecule has 1 unspecified atom stereocenters. The summed E-state index contributed by atoms with van der Waals surface area (Å²) in [5.74, 6) is -2.08. The van der Waals surface area contributed by atoms with Crippen LogP contribution in [0, 0.1) is 15.5 Å². The van der Waals surface area contributed by atoms with E-state index in [9.17, 15) is 29.6 Å². The van der Waals surface area contributed by atoms with E-state index in [0.29, 0.717) is 48.7 Å². The van der Waals surface area contributed by atoms with E-state index in [0.717, 1.165) is 0 Å². The van der Waals surface area contributed by atoms with Crippen molar-refractivity contribution in [2.24, 2.45) is 5.73 Å². The highest BCUT2D eigenvalue weighted by molar-refractivity contribution is 5.96. The molecule has 1 atom stereocenters. The molecular weight excluding hydrogens is 530 g/mol. The van der Waals surface area contributed by atoms with Crippen LogP contribution in [-0.2, 0) is 9.59 Å². The Bertz CT molecular complexity index is 1470. The first kappa shape index (κ1) is 28.5. The molecule has 1 aliphatic heterocycles. The second kappa shape index (κ2) is 12.6. The number of carbonyl (C=O) groups excluding carboxylic acids is 2. The van der Waals surface area contributed by atoms with Crippen molar-refractivity contribution in [3.8, 4) is 0 Å². The van der Waals surface area contributed by atoms with Crippen molar-refractivity contribution < 1.29 is 24.4 Å². The average molecular weight is 560 g/mol. The Kier molecular flexibility index (Phi) is 8.77. The lowest BCUT2D eigenvalue weighted by atomic mass is 10.0. The number of aromatic carboxylic acids is 1. The van der Waals surface area contributed by atoms with Gasteiger partial charge in [0.2, 0.25) is 11.8 Å². The molecule has 13 nitrogen and oxygen atoms in total. The highest BCUT2D eigenvalue weighted by Crippen LogP contribution is 2.28. The zero-order valence-electron chi connectivity index (χ0n) is 21.9. The van der Waals surface area contributed by atoms with Gasteiger partial charge in [-0.05, 0) is 35.9 Å². The molecule has 3 aromatic rings. The molecular formula is C28H29N7O6. The molecule has 4 rings (SSSR count). The lowest BCUT2D eigenvalue weighted by Crippen LogP contribution is -2.51. The largest absolute Gasteiger partial charge is 0.478 e. The fourth-order valence-electron chi connectivity index (χ4n) is 4.52. The minimum Gasteiger partial charge on any atom is -0.478 e. The van der Waals surface area contributed by atoms with E-state index < -0.39 is 22.8 Å². The summed E-state index contributed by atoms with van der Waals surface area (Å²) in [7, 11) is 0. The molecule has 2 amide bonds. The summed E-state index contributed by atoms with van der Waals surface area (Å²) in [6.07, 6.45) is 0. The summed E-state index contributed by atoms with van der Waals surface area (Å²) in [6, 6.07) is 17.9. The number of anilines is 2. The van der Waals surface area contributed by atoms with Crippen molar-refractivity contribution in [1.29, 1.82) is 5.41 Å². The zero-order valence-corrected chi connectivity index (χ0v) is 21.9. The van der Waals surface area contributed by atoms with Crippen LogP contribution in [0.1, 0.15) is 27.5 Å². The summed E-state index contributed by atoms with van der Waals surface area (Å²) in [4.78, 5) is 51.9.